The Hall–Kier alpha value is -3.26. The van der Waals surface area contributed by atoms with E-state index in [0.29, 0.717) is 30.3 Å². The van der Waals surface area contributed by atoms with Crippen LogP contribution in [0.25, 0.3) is 0 Å². The zero-order valence-corrected chi connectivity index (χ0v) is 17.0. The Morgan fingerprint density at radius 3 is 2.50 bits per heavy atom. The molecule has 4 rings (SSSR count). The minimum atomic E-state index is -0.662. The van der Waals surface area contributed by atoms with Gasteiger partial charge in [0.1, 0.15) is 6.04 Å². The maximum atomic E-state index is 12.6. The second kappa shape index (κ2) is 9.04. The van der Waals surface area contributed by atoms with Crippen LogP contribution in [0.2, 0.25) is 0 Å². The van der Waals surface area contributed by atoms with Crippen LogP contribution in [0.3, 0.4) is 0 Å². The number of ether oxygens (including phenoxy) is 2. The molecule has 1 atom stereocenters. The van der Waals surface area contributed by atoms with E-state index in [1.165, 1.54) is 5.56 Å². The lowest BCUT2D eigenvalue weighted by atomic mass is 10.2. The number of hydrogen-bond acceptors (Lipinski definition) is 5. The van der Waals surface area contributed by atoms with Crippen molar-refractivity contribution >= 4 is 17.6 Å². The molecular weight excluding hydrogens is 384 g/mol. The SMILES string of the molecule is C[C@@H](NC(=O)N1CCN(Cc2ccccc2)CC1)C(=O)Nc1ccc2c(c1)OCO2. The van der Waals surface area contributed by atoms with Crippen molar-refractivity contribution in [3.63, 3.8) is 0 Å². The van der Waals surface area contributed by atoms with Crippen molar-refractivity contribution in [2.24, 2.45) is 0 Å². The van der Waals surface area contributed by atoms with Crippen molar-refractivity contribution in [3.05, 3.63) is 54.1 Å². The Labute approximate surface area is 175 Å². The molecule has 0 saturated carbocycles. The number of nitrogens with one attached hydrogen (secondary N) is 2. The molecule has 0 spiro atoms. The number of anilines is 1. The second-order valence-corrected chi connectivity index (χ2v) is 7.48. The standard InChI is InChI=1S/C22H26N4O4/c1-16(21(27)24-18-7-8-19-20(13-18)30-15-29-19)23-22(28)26-11-9-25(10-12-26)14-17-5-3-2-4-6-17/h2-8,13,16H,9-12,14-15H2,1H3,(H,23,28)(H,24,27)/t16-/m1/s1. The van der Waals surface area contributed by atoms with Gasteiger partial charge >= 0.3 is 6.03 Å². The highest BCUT2D eigenvalue weighted by molar-refractivity contribution is 5.97. The fourth-order valence-electron chi connectivity index (χ4n) is 3.52. The molecule has 1 saturated heterocycles. The van der Waals surface area contributed by atoms with Crippen molar-refractivity contribution < 1.29 is 19.1 Å². The van der Waals surface area contributed by atoms with Crippen LogP contribution in [0.1, 0.15) is 12.5 Å². The van der Waals surface area contributed by atoms with Crippen LogP contribution in [-0.2, 0) is 11.3 Å². The monoisotopic (exact) mass is 410 g/mol. The first kappa shape index (κ1) is 20.0. The van der Waals surface area contributed by atoms with Gasteiger partial charge in [-0.3, -0.25) is 9.69 Å². The maximum Gasteiger partial charge on any atom is 0.318 e. The van der Waals surface area contributed by atoms with Gasteiger partial charge in [-0.2, -0.15) is 0 Å². The summed E-state index contributed by atoms with van der Waals surface area (Å²) in [6, 6.07) is 14.6. The topological polar surface area (TPSA) is 83.1 Å². The molecule has 8 heteroatoms. The van der Waals surface area contributed by atoms with E-state index < -0.39 is 6.04 Å². The van der Waals surface area contributed by atoms with Gasteiger partial charge in [0.25, 0.3) is 0 Å². The van der Waals surface area contributed by atoms with Crippen molar-refractivity contribution in [2.75, 3.05) is 38.3 Å². The third-order valence-electron chi connectivity index (χ3n) is 5.28. The summed E-state index contributed by atoms with van der Waals surface area (Å²) >= 11 is 0. The van der Waals surface area contributed by atoms with E-state index in [9.17, 15) is 9.59 Å². The number of nitrogens with zero attached hydrogens (tertiary/aromatic N) is 2. The molecule has 0 aromatic heterocycles. The molecule has 2 aliphatic heterocycles. The van der Waals surface area contributed by atoms with E-state index in [2.05, 4.69) is 27.7 Å². The summed E-state index contributed by atoms with van der Waals surface area (Å²) in [4.78, 5) is 29.1. The number of benzene rings is 2. The van der Waals surface area contributed by atoms with Crippen LogP contribution in [0.15, 0.2) is 48.5 Å². The third kappa shape index (κ3) is 4.83. The molecule has 2 aromatic rings. The van der Waals surface area contributed by atoms with Crippen LogP contribution < -0.4 is 20.1 Å². The van der Waals surface area contributed by atoms with Crippen molar-refractivity contribution in [1.82, 2.24) is 15.1 Å². The van der Waals surface area contributed by atoms with Gasteiger partial charge in [-0.15, -0.1) is 0 Å². The molecule has 1 fully saturated rings. The molecule has 8 nitrogen and oxygen atoms in total. The summed E-state index contributed by atoms with van der Waals surface area (Å²) in [6.07, 6.45) is 0. The highest BCUT2D eigenvalue weighted by atomic mass is 16.7. The molecule has 0 aliphatic carbocycles. The summed E-state index contributed by atoms with van der Waals surface area (Å²) in [5, 5.41) is 5.59. The Morgan fingerprint density at radius 1 is 1.00 bits per heavy atom. The number of fused-ring (bicyclic) bond motifs is 1. The summed E-state index contributed by atoms with van der Waals surface area (Å²) in [5.74, 6) is 0.962. The van der Waals surface area contributed by atoms with Crippen LogP contribution in [0.4, 0.5) is 10.5 Å². The number of piperazine rings is 1. The Kier molecular flexibility index (Phi) is 6.04. The zero-order chi connectivity index (χ0) is 20.9. The molecule has 2 aliphatic rings. The van der Waals surface area contributed by atoms with Gasteiger partial charge in [-0.1, -0.05) is 30.3 Å². The summed E-state index contributed by atoms with van der Waals surface area (Å²) in [5.41, 5.74) is 1.86. The first-order valence-corrected chi connectivity index (χ1v) is 10.1. The van der Waals surface area contributed by atoms with E-state index >= 15 is 0 Å². The van der Waals surface area contributed by atoms with E-state index in [1.54, 1.807) is 30.0 Å². The molecule has 0 radical (unpaired) electrons. The van der Waals surface area contributed by atoms with Crippen molar-refractivity contribution in [3.8, 4) is 11.5 Å². The molecule has 0 unspecified atom stereocenters. The first-order valence-electron chi connectivity index (χ1n) is 10.1. The van der Waals surface area contributed by atoms with Crippen LogP contribution in [0.5, 0.6) is 11.5 Å². The quantitative estimate of drug-likeness (QED) is 0.790. The van der Waals surface area contributed by atoms with E-state index in [4.69, 9.17) is 9.47 Å². The highest BCUT2D eigenvalue weighted by Crippen LogP contribution is 2.34. The van der Waals surface area contributed by atoms with Gasteiger partial charge in [0.05, 0.1) is 0 Å². The average Bonchev–Trinajstić information content (AvgIpc) is 3.23. The number of carbonyl (C=O) groups is 2. The number of hydrogen-bond donors (Lipinski definition) is 2. The smallest absolute Gasteiger partial charge is 0.318 e. The number of urea groups is 1. The molecule has 2 N–H and O–H groups in total. The number of rotatable bonds is 5. The van der Waals surface area contributed by atoms with Crippen molar-refractivity contribution in [1.29, 1.82) is 0 Å². The molecule has 2 aromatic carbocycles. The zero-order valence-electron chi connectivity index (χ0n) is 17.0. The molecule has 0 bridgehead atoms. The predicted molar refractivity (Wildman–Crippen MR) is 112 cm³/mol. The third-order valence-corrected chi connectivity index (χ3v) is 5.28. The maximum absolute atomic E-state index is 12.6. The fourth-order valence-corrected chi connectivity index (χ4v) is 3.52. The highest BCUT2D eigenvalue weighted by Gasteiger charge is 2.24. The average molecular weight is 410 g/mol. The molecular formula is C22H26N4O4. The Balaban J connectivity index is 1.23. The van der Waals surface area contributed by atoms with Crippen LogP contribution >= 0.6 is 0 Å². The van der Waals surface area contributed by atoms with Crippen molar-refractivity contribution in [2.45, 2.75) is 19.5 Å². The van der Waals surface area contributed by atoms with E-state index in [-0.39, 0.29) is 18.7 Å². The van der Waals surface area contributed by atoms with Gasteiger partial charge in [0.2, 0.25) is 12.7 Å². The largest absolute Gasteiger partial charge is 0.454 e. The summed E-state index contributed by atoms with van der Waals surface area (Å²) < 4.78 is 10.6. The lowest BCUT2D eigenvalue weighted by molar-refractivity contribution is -0.117. The summed E-state index contributed by atoms with van der Waals surface area (Å²) in [6.45, 7) is 5.61. The Bertz CT molecular complexity index is 897. The molecule has 2 heterocycles. The predicted octanol–water partition coefficient (Wildman–Crippen LogP) is 2.27. The second-order valence-electron chi connectivity index (χ2n) is 7.48. The van der Waals surface area contributed by atoms with Gasteiger partial charge in [0.15, 0.2) is 11.5 Å². The lowest BCUT2D eigenvalue weighted by Gasteiger charge is -2.35. The first-order chi connectivity index (χ1) is 14.6. The number of amides is 3. The Morgan fingerprint density at radius 2 is 1.73 bits per heavy atom. The minimum Gasteiger partial charge on any atom is -0.454 e. The van der Waals surface area contributed by atoms with Gasteiger partial charge < -0.3 is 25.0 Å². The molecule has 3 amide bonds. The van der Waals surface area contributed by atoms with Crippen LogP contribution in [0, 0.1) is 0 Å². The normalized spacial score (nSPS) is 16.8. The molecule has 158 valence electrons. The van der Waals surface area contributed by atoms with E-state index in [1.807, 2.05) is 18.2 Å². The van der Waals surface area contributed by atoms with Gasteiger partial charge in [-0.25, -0.2) is 4.79 Å². The minimum absolute atomic E-state index is 0.178. The fraction of sp³-hybridized carbons (Fsp3) is 0.364. The van der Waals surface area contributed by atoms with E-state index in [0.717, 1.165) is 19.6 Å². The summed E-state index contributed by atoms with van der Waals surface area (Å²) in [7, 11) is 0. The molecule has 30 heavy (non-hydrogen) atoms. The number of carbonyl (C=O) groups excluding carboxylic acids is 2. The van der Waals surface area contributed by atoms with Gasteiger partial charge in [-0.05, 0) is 24.6 Å². The lowest BCUT2D eigenvalue weighted by Crippen LogP contribution is -2.54. The van der Waals surface area contributed by atoms with Crippen LogP contribution in [-0.4, -0.2) is 60.8 Å². The van der Waals surface area contributed by atoms with Gasteiger partial charge in [0, 0.05) is 44.5 Å².